The lowest BCUT2D eigenvalue weighted by atomic mass is 9.98. The molecular formula is C33H28N2O6S. The number of nitrogens with zero attached hydrogens (tertiary/aromatic N) is 1. The first kappa shape index (κ1) is 27.3. The Morgan fingerprint density at radius 2 is 1.55 bits per heavy atom. The zero-order valence-corrected chi connectivity index (χ0v) is 23.5. The molecule has 0 saturated carbocycles. The number of hydrogen-bond donors (Lipinski definition) is 2. The maximum Gasteiger partial charge on any atom is 0.407 e. The lowest BCUT2D eigenvalue weighted by molar-refractivity contribution is -0.139. The van der Waals surface area contributed by atoms with Crippen LogP contribution in [0.3, 0.4) is 0 Å². The summed E-state index contributed by atoms with van der Waals surface area (Å²) in [6.45, 7) is 1.96. The molecule has 0 radical (unpaired) electrons. The summed E-state index contributed by atoms with van der Waals surface area (Å²) in [6.07, 6.45) is 0.652. The van der Waals surface area contributed by atoms with Crippen LogP contribution in [0.15, 0.2) is 108 Å². The number of benzene rings is 4. The van der Waals surface area contributed by atoms with Crippen molar-refractivity contribution in [2.24, 2.45) is 0 Å². The van der Waals surface area contributed by atoms with Crippen LogP contribution in [0.25, 0.3) is 22.0 Å². The summed E-state index contributed by atoms with van der Waals surface area (Å²) >= 11 is 0. The molecule has 1 aliphatic rings. The predicted octanol–water partition coefficient (Wildman–Crippen LogP) is 5.72. The lowest BCUT2D eigenvalue weighted by Crippen LogP contribution is -2.42. The summed E-state index contributed by atoms with van der Waals surface area (Å²) < 4.78 is 33.2. The van der Waals surface area contributed by atoms with Crippen LogP contribution in [0.5, 0.6) is 0 Å². The van der Waals surface area contributed by atoms with Crippen molar-refractivity contribution in [1.82, 2.24) is 9.29 Å². The van der Waals surface area contributed by atoms with E-state index in [-0.39, 0.29) is 23.8 Å². The van der Waals surface area contributed by atoms with E-state index in [0.717, 1.165) is 27.8 Å². The van der Waals surface area contributed by atoms with Gasteiger partial charge in [-0.15, -0.1) is 0 Å². The highest BCUT2D eigenvalue weighted by Gasteiger charge is 2.30. The molecule has 0 spiro atoms. The van der Waals surface area contributed by atoms with Gasteiger partial charge in [-0.3, -0.25) is 0 Å². The Morgan fingerprint density at radius 3 is 2.19 bits per heavy atom. The van der Waals surface area contributed by atoms with Gasteiger partial charge in [-0.25, -0.2) is 22.0 Å². The SMILES string of the molecule is Cc1ccc(S(=O)(=O)n2ccc3cc(C[C@H](NC(=O)OCC4c5ccccc5-c5ccccc54)C(=O)O)ccc32)cc1. The van der Waals surface area contributed by atoms with Gasteiger partial charge in [0.05, 0.1) is 10.4 Å². The van der Waals surface area contributed by atoms with Crippen LogP contribution in [0.2, 0.25) is 0 Å². The lowest BCUT2D eigenvalue weighted by Gasteiger charge is -2.17. The number of ether oxygens (including phenoxy) is 1. The number of nitrogens with one attached hydrogen (secondary N) is 1. The highest BCUT2D eigenvalue weighted by molar-refractivity contribution is 7.90. The standard InChI is InChI=1S/C33H28N2O6S/c1-21-10-13-24(14-11-21)42(39,40)35-17-16-23-18-22(12-15-31(23)35)19-30(32(36)37)34-33(38)41-20-29-27-8-4-2-6-25(27)26-7-3-5-9-28(26)29/h2-18,29-30H,19-20H2,1H3,(H,34,38)(H,36,37)/t30-/m0/s1. The van der Waals surface area contributed by atoms with Crippen LogP contribution in [-0.2, 0) is 26.0 Å². The topological polar surface area (TPSA) is 115 Å². The van der Waals surface area contributed by atoms with E-state index in [9.17, 15) is 23.1 Å². The molecular weight excluding hydrogens is 552 g/mol. The van der Waals surface area contributed by atoms with Crippen LogP contribution < -0.4 is 5.32 Å². The number of alkyl carbamates (subject to hydrolysis) is 1. The summed E-state index contributed by atoms with van der Waals surface area (Å²) in [4.78, 5) is 25.0. The Labute approximate surface area is 243 Å². The molecule has 6 rings (SSSR count). The molecule has 5 aromatic rings. The fourth-order valence-electron chi connectivity index (χ4n) is 5.54. The second-order valence-corrected chi connectivity index (χ2v) is 12.2. The van der Waals surface area contributed by atoms with E-state index in [1.54, 1.807) is 48.5 Å². The van der Waals surface area contributed by atoms with Crippen LogP contribution in [-0.4, -0.2) is 42.2 Å². The number of rotatable bonds is 8. The Hall–Kier alpha value is -4.89. The first-order chi connectivity index (χ1) is 20.2. The molecule has 0 fully saturated rings. The first-order valence-corrected chi connectivity index (χ1v) is 14.9. The fourth-order valence-corrected chi connectivity index (χ4v) is 6.90. The molecule has 1 aromatic heterocycles. The number of carbonyl (C=O) groups excluding carboxylic acids is 1. The Kier molecular flexibility index (Phi) is 7.04. The summed E-state index contributed by atoms with van der Waals surface area (Å²) in [5.41, 5.74) is 6.37. The van der Waals surface area contributed by atoms with Crippen LogP contribution in [0.1, 0.15) is 28.2 Å². The van der Waals surface area contributed by atoms with E-state index >= 15 is 0 Å². The van der Waals surface area contributed by atoms with E-state index in [4.69, 9.17) is 4.74 Å². The Balaban J connectivity index is 1.15. The maximum absolute atomic E-state index is 13.2. The Bertz CT molecular complexity index is 1880. The van der Waals surface area contributed by atoms with Crippen molar-refractivity contribution in [2.45, 2.75) is 30.2 Å². The van der Waals surface area contributed by atoms with Crippen molar-refractivity contribution < 1.29 is 27.9 Å². The molecule has 0 unspecified atom stereocenters. The number of carboxylic acids is 1. The smallest absolute Gasteiger partial charge is 0.407 e. The monoisotopic (exact) mass is 580 g/mol. The molecule has 0 saturated heterocycles. The van der Waals surface area contributed by atoms with Gasteiger partial charge in [0, 0.05) is 23.9 Å². The van der Waals surface area contributed by atoms with Crippen molar-refractivity contribution in [3.63, 3.8) is 0 Å². The van der Waals surface area contributed by atoms with E-state index in [2.05, 4.69) is 5.32 Å². The van der Waals surface area contributed by atoms with Crippen molar-refractivity contribution in [1.29, 1.82) is 0 Å². The third-order valence-electron chi connectivity index (χ3n) is 7.67. The number of carbonyl (C=O) groups is 2. The molecule has 1 amide bonds. The largest absolute Gasteiger partial charge is 0.480 e. The second kappa shape index (κ2) is 10.8. The van der Waals surface area contributed by atoms with Crippen LogP contribution in [0, 0.1) is 6.92 Å². The normalized spacial score (nSPS) is 13.4. The summed E-state index contributed by atoms with van der Waals surface area (Å²) in [6, 6.07) is 28.0. The van der Waals surface area contributed by atoms with Gasteiger partial charge in [-0.05, 0) is 65.1 Å². The van der Waals surface area contributed by atoms with Gasteiger partial charge >= 0.3 is 12.1 Å². The minimum atomic E-state index is -3.81. The maximum atomic E-state index is 13.2. The zero-order valence-electron chi connectivity index (χ0n) is 22.7. The highest BCUT2D eigenvalue weighted by atomic mass is 32.2. The molecule has 1 atom stereocenters. The summed E-state index contributed by atoms with van der Waals surface area (Å²) in [7, 11) is -3.81. The molecule has 1 aliphatic carbocycles. The molecule has 212 valence electrons. The van der Waals surface area contributed by atoms with Crippen molar-refractivity contribution >= 4 is 33.0 Å². The minimum absolute atomic E-state index is 0.00857. The van der Waals surface area contributed by atoms with Gasteiger partial charge in [-0.2, -0.15) is 0 Å². The van der Waals surface area contributed by atoms with Gasteiger partial charge < -0.3 is 15.2 Å². The number of aryl methyl sites for hydroxylation is 1. The van der Waals surface area contributed by atoms with Gasteiger partial charge in [0.2, 0.25) is 0 Å². The first-order valence-electron chi connectivity index (χ1n) is 13.5. The third kappa shape index (κ3) is 5.03. The number of carboxylic acid groups (broad SMARTS) is 1. The van der Waals surface area contributed by atoms with Gasteiger partial charge in [-0.1, -0.05) is 72.3 Å². The predicted molar refractivity (Wildman–Crippen MR) is 159 cm³/mol. The summed E-state index contributed by atoms with van der Waals surface area (Å²) in [5, 5.41) is 13.0. The third-order valence-corrected chi connectivity index (χ3v) is 9.37. The van der Waals surface area contributed by atoms with Crippen molar-refractivity contribution in [3.05, 3.63) is 126 Å². The van der Waals surface area contributed by atoms with Gasteiger partial charge in [0.25, 0.3) is 10.0 Å². The molecule has 0 aliphatic heterocycles. The average Bonchev–Trinajstić information content (AvgIpc) is 3.55. The molecule has 0 bridgehead atoms. The summed E-state index contributed by atoms with van der Waals surface area (Å²) in [5.74, 6) is -1.35. The molecule has 42 heavy (non-hydrogen) atoms. The van der Waals surface area contributed by atoms with Crippen molar-refractivity contribution in [3.8, 4) is 11.1 Å². The zero-order chi connectivity index (χ0) is 29.4. The average molecular weight is 581 g/mol. The van der Waals surface area contributed by atoms with Crippen LogP contribution in [0.4, 0.5) is 4.79 Å². The number of aromatic nitrogens is 1. The number of hydrogen-bond acceptors (Lipinski definition) is 5. The second-order valence-electron chi connectivity index (χ2n) is 10.4. The molecule has 1 heterocycles. The number of fused-ring (bicyclic) bond motifs is 4. The van der Waals surface area contributed by atoms with E-state index in [0.29, 0.717) is 16.5 Å². The number of aliphatic carboxylic acids is 1. The molecule has 2 N–H and O–H groups in total. The molecule has 4 aromatic carbocycles. The fraction of sp³-hybridized carbons (Fsp3) is 0.152. The van der Waals surface area contributed by atoms with E-state index < -0.39 is 28.1 Å². The highest BCUT2D eigenvalue weighted by Crippen LogP contribution is 2.44. The molecule has 8 nitrogen and oxygen atoms in total. The van der Waals surface area contributed by atoms with Gasteiger partial charge in [0.15, 0.2) is 0 Å². The van der Waals surface area contributed by atoms with Crippen molar-refractivity contribution in [2.75, 3.05) is 6.61 Å². The molecule has 9 heteroatoms. The Morgan fingerprint density at radius 1 is 0.905 bits per heavy atom. The van der Waals surface area contributed by atoms with E-state index in [1.807, 2.05) is 55.5 Å². The van der Waals surface area contributed by atoms with Gasteiger partial charge in [0.1, 0.15) is 12.6 Å². The minimum Gasteiger partial charge on any atom is -0.480 e. The van der Waals surface area contributed by atoms with E-state index in [1.165, 1.54) is 10.2 Å². The number of amides is 1. The van der Waals surface area contributed by atoms with Crippen LogP contribution >= 0.6 is 0 Å². The quantitative estimate of drug-likeness (QED) is 0.243.